The number of carbonyl (C=O) groups is 1. The lowest BCUT2D eigenvalue weighted by molar-refractivity contribution is 0.258. The third-order valence-electron chi connectivity index (χ3n) is 5.00. The third kappa shape index (κ3) is 3.78. The van der Waals surface area contributed by atoms with Crippen LogP contribution in [0.5, 0.6) is 0 Å². The zero-order valence-electron chi connectivity index (χ0n) is 16.1. The van der Waals surface area contributed by atoms with Gasteiger partial charge in [-0.15, -0.1) is 0 Å². The zero-order valence-corrected chi connectivity index (χ0v) is 17.6. The number of fused-ring (bicyclic) bond motifs is 1. The molecule has 0 radical (unpaired) electrons. The number of para-hydroxylation sites is 1. The maximum Gasteiger partial charge on any atom is 0.326 e. The van der Waals surface area contributed by atoms with Gasteiger partial charge in [0.2, 0.25) is 0 Å². The van der Waals surface area contributed by atoms with Crippen LogP contribution in [0.2, 0.25) is 10.0 Å². The first-order valence-electron chi connectivity index (χ1n) is 9.23. The largest absolute Gasteiger partial charge is 0.326 e. The molecule has 0 saturated heterocycles. The van der Waals surface area contributed by atoms with E-state index in [0.717, 1.165) is 18.7 Å². The molecule has 6 nitrogen and oxygen atoms in total. The van der Waals surface area contributed by atoms with Crippen LogP contribution in [-0.4, -0.2) is 24.6 Å². The summed E-state index contributed by atoms with van der Waals surface area (Å²) >= 11 is 12.3. The van der Waals surface area contributed by atoms with Crippen LogP contribution >= 0.6 is 23.2 Å². The number of aromatic nitrogens is 1. The summed E-state index contributed by atoms with van der Waals surface area (Å²) in [5, 5.41) is 12.7. The van der Waals surface area contributed by atoms with Gasteiger partial charge < -0.3 is 10.2 Å². The summed E-state index contributed by atoms with van der Waals surface area (Å²) in [5.74, 6) is 0.705. The first-order valence-corrected chi connectivity index (χ1v) is 9.99. The fourth-order valence-corrected chi connectivity index (χ4v) is 3.87. The predicted octanol–water partition coefficient (Wildman–Crippen LogP) is 5.62. The number of halogens is 2. The van der Waals surface area contributed by atoms with E-state index in [1.807, 2.05) is 24.3 Å². The molecule has 0 aliphatic carbocycles. The smallest absolute Gasteiger partial charge is 0.326 e. The Kier molecular flexibility index (Phi) is 5.49. The fraction of sp³-hybridized carbons (Fsp3) is 0.136. The molecule has 1 aliphatic heterocycles. The van der Waals surface area contributed by atoms with Crippen LogP contribution in [0.3, 0.4) is 0 Å². The maximum atomic E-state index is 12.8. The van der Waals surface area contributed by atoms with Crippen molar-refractivity contribution in [3.05, 3.63) is 75.9 Å². The summed E-state index contributed by atoms with van der Waals surface area (Å²) in [6.45, 7) is 0.756. The molecule has 0 atom stereocenters. The predicted molar refractivity (Wildman–Crippen MR) is 120 cm³/mol. The quantitative estimate of drug-likeness (QED) is 0.576. The van der Waals surface area contributed by atoms with Crippen LogP contribution in [0.25, 0.3) is 0 Å². The molecule has 1 N–H and O–H groups in total. The van der Waals surface area contributed by atoms with E-state index in [1.54, 1.807) is 37.5 Å². The number of hydrogen-bond acceptors (Lipinski definition) is 4. The van der Waals surface area contributed by atoms with Gasteiger partial charge in [0.05, 0.1) is 33.1 Å². The number of nitrogens with one attached hydrogen (secondary N) is 1. The molecule has 4 rings (SSSR count). The molecule has 2 heterocycles. The maximum absolute atomic E-state index is 12.8. The normalized spacial score (nSPS) is 12.3. The SMILES string of the molecule is CN(C(=O)Nc1c(Cl)cccc1Cl)c1ccnc(N2CCc3ccc(C#N)cc32)c1. The molecule has 8 heteroatoms. The Morgan fingerprint density at radius 2 is 1.97 bits per heavy atom. The van der Waals surface area contributed by atoms with Gasteiger partial charge in [-0.05, 0) is 42.3 Å². The highest BCUT2D eigenvalue weighted by Crippen LogP contribution is 2.35. The average molecular weight is 438 g/mol. The van der Waals surface area contributed by atoms with Crippen LogP contribution in [0, 0.1) is 11.3 Å². The number of benzene rings is 2. The number of nitrogens with zero attached hydrogens (tertiary/aromatic N) is 4. The third-order valence-corrected chi connectivity index (χ3v) is 5.63. The summed E-state index contributed by atoms with van der Waals surface area (Å²) in [6.07, 6.45) is 2.53. The average Bonchev–Trinajstić information content (AvgIpc) is 3.19. The van der Waals surface area contributed by atoms with Crippen LogP contribution in [0.1, 0.15) is 11.1 Å². The Balaban J connectivity index is 1.59. The minimum atomic E-state index is -0.379. The monoisotopic (exact) mass is 437 g/mol. The van der Waals surface area contributed by atoms with Gasteiger partial charge in [0, 0.05) is 31.5 Å². The summed E-state index contributed by atoms with van der Waals surface area (Å²) < 4.78 is 0. The number of pyridine rings is 1. The van der Waals surface area contributed by atoms with Gasteiger partial charge in [-0.2, -0.15) is 5.26 Å². The Bertz CT molecular complexity index is 1150. The van der Waals surface area contributed by atoms with Gasteiger partial charge in [-0.3, -0.25) is 4.90 Å². The number of nitriles is 1. The minimum absolute atomic E-state index is 0.363. The Morgan fingerprint density at radius 1 is 1.20 bits per heavy atom. The van der Waals surface area contributed by atoms with Crippen molar-refractivity contribution >= 4 is 52.1 Å². The van der Waals surface area contributed by atoms with E-state index in [9.17, 15) is 10.1 Å². The Hall–Kier alpha value is -3.27. The molecule has 0 bridgehead atoms. The van der Waals surface area contributed by atoms with E-state index in [1.165, 1.54) is 10.5 Å². The Morgan fingerprint density at radius 3 is 2.70 bits per heavy atom. The van der Waals surface area contributed by atoms with E-state index in [-0.39, 0.29) is 6.03 Å². The van der Waals surface area contributed by atoms with E-state index >= 15 is 0 Å². The van der Waals surface area contributed by atoms with Crippen molar-refractivity contribution in [2.75, 3.05) is 28.7 Å². The number of hydrogen-bond donors (Lipinski definition) is 1. The summed E-state index contributed by atoms with van der Waals surface area (Å²) in [6, 6.07) is 16.1. The fourth-order valence-electron chi connectivity index (χ4n) is 3.38. The molecule has 0 unspecified atom stereocenters. The number of carbonyl (C=O) groups excluding carboxylic acids is 1. The van der Waals surface area contributed by atoms with Gasteiger partial charge in [0.25, 0.3) is 0 Å². The van der Waals surface area contributed by atoms with Crippen molar-refractivity contribution in [3.8, 4) is 6.07 Å². The molecular formula is C22H17Cl2N5O. The van der Waals surface area contributed by atoms with Crippen molar-refractivity contribution in [2.24, 2.45) is 0 Å². The van der Waals surface area contributed by atoms with E-state index in [4.69, 9.17) is 23.2 Å². The lowest BCUT2D eigenvalue weighted by Crippen LogP contribution is -2.31. The summed E-state index contributed by atoms with van der Waals surface area (Å²) in [5.41, 5.74) is 3.76. The topological polar surface area (TPSA) is 72.3 Å². The van der Waals surface area contributed by atoms with Crippen molar-refractivity contribution in [1.29, 1.82) is 5.26 Å². The van der Waals surface area contributed by atoms with Gasteiger partial charge in [0.15, 0.2) is 0 Å². The molecule has 2 aromatic carbocycles. The van der Waals surface area contributed by atoms with Crippen LogP contribution in [-0.2, 0) is 6.42 Å². The molecule has 1 aromatic heterocycles. The molecule has 0 saturated carbocycles. The Labute approximate surface area is 184 Å². The van der Waals surface area contributed by atoms with Gasteiger partial charge in [0.1, 0.15) is 5.82 Å². The van der Waals surface area contributed by atoms with Crippen LogP contribution in [0.15, 0.2) is 54.7 Å². The first-order chi connectivity index (χ1) is 14.5. The van der Waals surface area contributed by atoms with E-state index in [2.05, 4.69) is 21.3 Å². The second-order valence-electron chi connectivity index (χ2n) is 6.82. The first kappa shape index (κ1) is 20.0. The molecule has 0 fully saturated rings. The highest BCUT2D eigenvalue weighted by Gasteiger charge is 2.23. The number of urea groups is 1. The van der Waals surface area contributed by atoms with Gasteiger partial charge >= 0.3 is 6.03 Å². The lowest BCUT2D eigenvalue weighted by Gasteiger charge is -2.22. The van der Waals surface area contributed by atoms with Gasteiger partial charge in [-0.1, -0.05) is 35.3 Å². The van der Waals surface area contributed by atoms with Crippen LogP contribution < -0.4 is 15.1 Å². The molecule has 0 spiro atoms. The molecule has 1 aliphatic rings. The molecule has 2 amide bonds. The highest BCUT2D eigenvalue weighted by molar-refractivity contribution is 6.39. The summed E-state index contributed by atoms with van der Waals surface area (Å²) in [7, 11) is 1.66. The van der Waals surface area contributed by atoms with E-state index < -0.39 is 0 Å². The second kappa shape index (κ2) is 8.23. The zero-order chi connectivity index (χ0) is 21.3. The minimum Gasteiger partial charge on any atom is -0.326 e. The second-order valence-corrected chi connectivity index (χ2v) is 7.63. The van der Waals surface area contributed by atoms with Crippen molar-refractivity contribution in [3.63, 3.8) is 0 Å². The van der Waals surface area contributed by atoms with Crippen molar-refractivity contribution < 1.29 is 4.79 Å². The number of rotatable bonds is 3. The molecule has 3 aromatic rings. The molecule has 30 heavy (non-hydrogen) atoms. The van der Waals surface area contributed by atoms with Crippen molar-refractivity contribution in [2.45, 2.75) is 6.42 Å². The van der Waals surface area contributed by atoms with Crippen molar-refractivity contribution in [1.82, 2.24) is 4.98 Å². The van der Waals surface area contributed by atoms with Crippen LogP contribution in [0.4, 0.5) is 27.7 Å². The van der Waals surface area contributed by atoms with E-state index in [0.29, 0.717) is 32.8 Å². The molecule has 150 valence electrons. The number of amides is 2. The highest BCUT2D eigenvalue weighted by atomic mass is 35.5. The summed E-state index contributed by atoms with van der Waals surface area (Å²) in [4.78, 5) is 20.7. The van der Waals surface area contributed by atoms with Gasteiger partial charge in [-0.25, -0.2) is 9.78 Å². The molecular weight excluding hydrogens is 421 g/mol. The number of anilines is 4. The standard InChI is InChI=1S/C22H17Cl2N5O/c1-28(22(30)27-21-17(23)3-2-4-18(21)24)16-7-9-26-20(12-16)29-10-8-15-6-5-14(13-25)11-19(15)29/h2-7,9,11-12H,8,10H2,1H3,(H,27,30). The lowest BCUT2D eigenvalue weighted by atomic mass is 10.1.